The van der Waals surface area contributed by atoms with Crippen LogP contribution in [-0.4, -0.2) is 6.54 Å². The van der Waals surface area contributed by atoms with Crippen molar-refractivity contribution in [2.45, 2.75) is 25.6 Å². The number of hydrogen-bond donors (Lipinski definition) is 1. The standard InChI is InChI=1S/C15H15BrF3NS/c1-2-7-20-14(11-8-13(16)21-9-11)10-3-5-12(6-4-10)15(17,18)19/h3-6,8-9,14,20H,2,7H2,1H3. The Morgan fingerprint density at radius 3 is 2.33 bits per heavy atom. The van der Waals surface area contributed by atoms with E-state index < -0.39 is 11.7 Å². The molecule has 2 aromatic rings. The van der Waals surface area contributed by atoms with Crippen molar-refractivity contribution in [1.29, 1.82) is 0 Å². The molecule has 0 radical (unpaired) electrons. The molecule has 1 unspecified atom stereocenters. The van der Waals surface area contributed by atoms with Gasteiger partial charge in [-0.25, -0.2) is 0 Å². The number of hydrogen-bond acceptors (Lipinski definition) is 2. The van der Waals surface area contributed by atoms with E-state index in [1.54, 1.807) is 23.5 Å². The molecule has 0 amide bonds. The largest absolute Gasteiger partial charge is 0.416 e. The maximum absolute atomic E-state index is 12.6. The van der Waals surface area contributed by atoms with E-state index in [1.165, 1.54) is 0 Å². The second-order valence-electron chi connectivity index (χ2n) is 4.69. The highest BCUT2D eigenvalue weighted by Gasteiger charge is 2.30. The summed E-state index contributed by atoms with van der Waals surface area (Å²) in [6, 6.07) is 7.27. The molecule has 0 fully saturated rings. The maximum atomic E-state index is 12.6. The third-order valence-corrected chi connectivity index (χ3v) is 4.61. The van der Waals surface area contributed by atoms with Crippen LogP contribution >= 0.6 is 27.3 Å². The molecule has 0 aliphatic carbocycles. The zero-order chi connectivity index (χ0) is 15.5. The molecule has 1 nitrogen and oxygen atoms in total. The first-order chi connectivity index (χ1) is 9.91. The number of halogens is 4. The van der Waals surface area contributed by atoms with Gasteiger partial charge in [-0.3, -0.25) is 0 Å². The van der Waals surface area contributed by atoms with Crippen LogP contribution in [0.4, 0.5) is 13.2 Å². The van der Waals surface area contributed by atoms with Crippen LogP contribution in [0.5, 0.6) is 0 Å². The van der Waals surface area contributed by atoms with Gasteiger partial charge in [0, 0.05) is 0 Å². The summed E-state index contributed by atoms with van der Waals surface area (Å²) < 4.78 is 38.9. The number of benzene rings is 1. The van der Waals surface area contributed by atoms with Gasteiger partial charge in [-0.15, -0.1) is 11.3 Å². The van der Waals surface area contributed by atoms with Crippen LogP contribution in [0.15, 0.2) is 39.5 Å². The van der Waals surface area contributed by atoms with Gasteiger partial charge in [-0.1, -0.05) is 19.1 Å². The number of thiophene rings is 1. The summed E-state index contributed by atoms with van der Waals surface area (Å²) in [5.74, 6) is 0. The van der Waals surface area contributed by atoms with Crippen LogP contribution < -0.4 is 5.32 Å². The van der Waals surface area contributed by atoms with Crippen LogP contribution in [0.1, 0.15) is 36.1 Å². The number of rotatable bonds is 5. The fraction of sp³-hybridized carbons (Fsp3) is 0.333. The van der Waals surface area contributed by atoms with Gasteiger partial charge < -0.3 is 5.32 Å². The number of nitrogens with one attached hydrogen (secondary N) is 1. The van der Waals surface area contributed by atoms with E-state index in [0.717, 1.165) is 40.0 Å². The van der Waals surface area contributed by atoms with Crippen molar-refractivity contribution >= 4 is 27.3 Å². The summed E-state index contributed by atoms with van der Waals surface area (Å²) in [5, 5.41) is 5.39. The predicted molar refractivity (Wildman–Crippen MR) is 83.6 cm³/mol. The molecule has 114 valence electrons. The minimum atomic E-state index is -4.30. The Hall–Kier alpha value is -0.850. The second-order valence-corrected chi connectivity index (χ2v) is 6.98. The molecule has 0 bridgehead atoms. The highest BCUT2D eigenvalue weighted by Crippen LogP contribution is 2.33. The van der Waals surface area contributed by atoms with Crippen molar-refractivity contribution in [2.24, 2.45) is 0 Å². The molecule has 1 N–H and O–H groups in total. The van der Waals surface area contributed by atoms with E-state index in [-0.39, 0.29) is 6.04 Å². The second kappa shape index (κ2) is 6.94. The van der Waals surface area contributed by atoms with Crippen LogP contribution in [0.25, 0.3) is 0 Å². The fourth-order valence-electron chi connectivity index (χ4n) is 2.06. The van der Waals surface area contributed by atoms with Crippen LogP contribution in [0.2, 0.25) is 0 Å². The Morgan fingerprint density at radius 1 is 1.19 bits per heavy atom. The van der Waals surface area contributed by atoms with Gasteiger partial charge in [0.25, 0.3) is 0 Å². The Kier molecular flexibility index (Phi) is 5.46. The first kappa shape index (κ1) is 16.5. The third-order valence-electron chi connectivity index (χ3n) is 3.09. The lowest BCUT2D eigenvalue weighted by atomic mass is 9.99. The molecule has 0 aliphatic rings. The van der Waals surface area contributed by atoms with Crippen molar-refractivity contribution in [3.63, 3.8) is 0 Å². The molecule has 0 spiro atoms. The Labute approximate surface area is 134 Å². The van der Waals surface area contributed by atoms with E-state index in [1.807, 2.05) is 11.4 Å². The van der Waals surface area contributed by atoms with Crippen molar-refractivity contribution in [3.05, 3.63) is 56.2 Å². The maximum Gasteiger partial charge on any atom is 0.416 e. The van der Waals surface area contributed by atoms with E-state index in [4.69, 9.17) is 0 Å². The highest BCUT2D eigenvalue weighted by molar-refractivity contribution is 9.11. The lowest BCUT2D eigenvalue weighted by molar-refractivity contribution is -0.137. The van der Waals surface area contributed by atoms with Crippen LogP contribution in [-0.2, 0) is 6.18 Å². The molecule has 0 saturated carbocycles. The average molecular weight is 378 g/mol. The summed E-state index contributed by atoms with van der Waals surface area (Å²) in [4.78, 5) is 0. The topological polar surface area (TPSA) is 12.0 Å². The monoisotopic (exact) mass is 377 g/mol. The molecule has 0 aliphatic heterocycles. The third kappa shape index (κ3) is 4.31. The average Bonchev–Trinajstić information content (AvgIpc) is 2.85. The zero-order valence-electron chi connectivity index (χ0n) is 11.4. The molecule has 1 aromatic heterocycles. The lowest BCUT2D eigenvalue weighted by Crippen LogP contribution is -2.22. The summed E-state index contributed by atoms with van der Waals surface area (Å²) >= 11 is 4.99. The van der Waals surface area contributed by atoms with Crippen LogP contribution in [0.3, 0.4) is 0 Å². The Bertz CT molecular complexity index is 577. The Balaban J connectivity index is 2.28. The summed E-state index contributed by atoms with van der Waals surface area (Å²) in [6.07, 6.45) is -3.33. The molecule has 1 heterocycles. The van der Waals surface area contributed by atoms with Gasteiger partial charge >= 0.3 is 6.18 Å². The van der Waals surface area contributed by atoms with E-state index in [9.17, 15) is 13.2 Å². The fourth-order valence-corrected chi connectivity index (χ4v) is 3.26. The first-order valence-electron chi connectivity index (χ1n) is 6.56. The molecule has 1 aromatic carbocycles. The van der Waals surface area contributed by atoms with E-state index >= 15 is 0 Å². The zero-order valence-corrected chi connectivity index (χ0v) is 13.8. The van der Waals surface area contributed by atoms with Gasteiger partial charge in [0.2, 0.25) is 0 Å². The van der Waals surface area contributed by atoms with Gasteiger partial charge in [0.1, 0.15) is 0 Å². The van der Waals surface area contributed by atoms with Gasteiger partial charge in [-0.05, 0) is 63.6 Å². The smallest absolute Gasteiger partial charge is 0.306 e. The van der Waals surface area contributed by atoms with Gasteiger partial charge in [0.05, 0.1) is 15.4 Å². The molecule has 21 heavy (non-hydrogen) atoms. The molecule has 2 rings (SSSR count). The van der Waals surface area contributed by atoms with Gasteiger partial charge in [0.15, 0.2) is 0 Å². The van der Waals surface area contributed by atoms with E-state index in [0.29, 0.717) is 0 Å². The highest BCUT2D eigenvalue weighted by atomic mass is 79.9. The molecule has 1 atom stereocenters. The Morgan fingerprint density at radius 2 is 1.86 bits per heavy atom. The summed E-state index contributed by atoms with van der Waals surface area (Å²) in [6.45, 7) is 2.86. The lowest BCUT2D eigenvalue weighted by Gasteiger charge is -2.19. The van der Waals surface area contributed by atoms with Crippen molar-refractivity contribution in [2.75, 3.05) is 6.54 Å². The normalized spacial score (nSPS) is 13.4. The van der Waals surface area contributed by atoms with E-state index in [2.05, 4.69) is 28.2 Å². The van der Waals surface area contributed by atoms with Gasteiger partial charge in [-0.2, -0.15) is 13.2 Å². The quantitative estimate of drug-likeness (QED) is 0.712. The van der Waals surface area contributed by atoms with Crippen molar-refractivity contribution in [3.8, 4) is 0 Å². The molecule has 0 saturated heterocycles. The SMILES string of the molecule is CCCNC(c1ccc(C(F)(F)F)cc1)c1csc(Br)c1. The first-order valence-corrected chi connectivity index (χ1v) is 8.23. The summed E-state index contributed by atoms with van der Waals surface area (Å²) in [5.41, 5.74) is 1.27. The number of alkyl halides is 3. The van der Waals surface area contributed by atoms with Crippen molar-refractivity contribution in [1.82, 2.24) is 5.32 Å². The minimum Gasteiger partial charge on any atom is -0.306 e. The molecular formula is C15H15BrF3NS. The minimum absolute atomic E-state index is 0.0882. The molecular weight excluding hydrogens is 363 g/mol. The van der Waals surface area contributed by atoms with Crippen LogP contribution in [0, 0.1) is 0 Å². The predicted octanol–water partition coefficient (Wildman–Crippen LogP) is 5.62. The molecule has 6 heteroatoms. The summed E-state index contributed by atoms with van der Waals surface area (Å²) in [7, 11) is 0. The van der Waals surface area contributed by atoms with Crippen molar-refractivity contribution < 1.29 is 13.2 Å².